The van der Waals surface area contributed by atoms with Crippen molar-refractivity contribution in [2.75, 3.05) is 30.4 Å². The number of β-amino-alcohol motifs (C(OH)–C–C–N with tert-alkyl or cyclic N) is 1. The highest BCUT2D eigenvalue weighted by molar-refractivity contribution is 6.06. The van der Waals surface area contributed by atoms with E-state index in [0.717, 1.165) is 23.3 Å². The number of carbonyl (C=O) groups is 1. The van der Waals surface area contributed by atoms with Gasteiger partial charge in [-0.2, -0.15) is 0 Å². The van der Waals surface area contributed by atoms with E-state index in [4.69, 9.17) is 4.74 Å². The summed E-state index contributed by atoms with van der Waals surface area (Å²) in [6.07, 6.45) is 2.40. The predicted octanol–water partition coefficient (Wildman–Crippen LogP) is 3.06. The summed E-state index contributed by atoms with van der Waals surface area (Å²) in [7, 11) is 1.60. The van der Waals surface area contributed by atoms with Gasteiger partial charge in [0, 0.05) is 25.0 Å². The number of nitrogens with one attached hydrogen (secondary N) is 1. The van der Waals surface area contributed by atoms with Crippen molar-refractivity contribution in [2.45, 2.75) is 12.6 Å². The number of rotatable bonds is 6. The molecule has 1 fully saturated rings. The number of carbonyl (C=O) groups excluding carboxylic acids is 1. The largest absolute Gasteiger partial charge is 0.497 e. The minimum absolute atomic E-state index is 0.322. The first-order valence-corrected chi connectivity index (χ1v) is 10.5. The lowest BCUT2D eigenvalue weighted by Crippen LogP contribution is -2.51. The van der Waals surface area contributed by atoms with Gasteiger partial charge >= 0.3 is 0 Å². The molecular formula is C24H22FN5O3. The third-order valence-electron chi connectivity index (χ3n) is 5.62. The molecule has 9 heteroatoms. The lowest BCUT2D eigenvalue weighted by Gasteiger charge is -2.36. The molecular weight excluding hydrogens is 425 g/mol. The van der Waals surface area contributed by atoms with Gasteiger partial charge in [-0.15, -0.1) is 0 Å². The van der Waals surface area contributed by atoms with Crippen LogP contribution < -0.4 is 15.0 Å². The number of aliphatic hydroxyl groups is 1. The maximum absolute atomic E-state index is 13.8. The number of fused-ring (bicyclic) bond motifs is 1. The van der Waals surface area contributed by atoms with Gasteiger partial charge in [-0.25, -0.2) is 14.4 Å². The number of amides is 1. The zero-order valence-corrected chi connectivity index (χ0v) is 17.9. The molecule has 1 saturated heterocycles. The molecule has 1 amide bonds. The van der Waals surface area contributed by atoms with Crippen molar-refractivity contribution in [3.05, 3.63) is 78.0 Å². The van der Waals surface area contributed by atoms with Crippen LogP contribution in [0.1, 0.15) is 16.1 Å². The van der Waals surface area contributed by atoms with Gasteiger partial charge in [-0.05, 0) is 42.0 Å². The maximum Gasteiger partial charge on any atom is 0.272 e. The van der Waals surface area contributed by atoms with E-state index >= 15 is 0 Å². The third-order valence-corrected chi connectivity index (χ3v) is 5.62. The van der Waals surface area contributed by atoms with Gasteiger partial charge < -0.3 is 24.6 Å². The van der Waals surface area contributed by atoms with Crippen LogP contribution in [0.2, 0.25) is 0 Å². The lowest BCUT2D eigenvalue weighted by atomic mass is 10.2. The Kier molecular flexibility index (Phi) is 5.39. The first kappa shape index (κ1) is 20.9. The summed E-state index contributed by atoms with van der Waals surface area (Å²) in [6.45, 7) is 1.48. The first-order chi connectivity index (χ1) is 16.0. The van der Waals surface area contributed by atoms with Crippen molar-refractivity contribution in [3.8, 4) is 5.75 Å². The van der Waals surface area contributed by atoms with Gasteiger partial charge in [0.05, 0.1) is 31.3 Å². The topological polar surface area (TPSA) is 92.5 Å². The van der Waals surface area contributed by atoms with Crippen LogP contribution in [0.3, 0.4) is 0 Å². The summed E-state index contributed by atoms with van der Waals surface area (Å²) in [4.78, 5) is 23.7. The van der Waals surface area contributed by atoms with Crippen molar-refractivity contribution < 1.29 is 19.0 Å². The summed E-state index contributed by atoms with van der Waals surface area (Å²) in [5.41, 5.74) is 2.34. The Morgan fingerprint density at radius 3 is 2.61 bits per heavy atom. The smallest absolute Gasteiger partial charge is 0.272 e. The molecule has 3 aromatic heterocycles. The predicted molar refractivity (Wildman–Crippen MR) is 122 cm³/mol. The van der Waals surface area contributed by atoms with Crippen molar-refractivity contribution >= 4 is 28.4 Å². The number of aliphatic hydroxyl groups excluding tert-OH is 1. The molecule has 4 aromatic rings. The Balaban J connectivity index is 1.42. The quantitative estimate of drug-likeness (QED) is 0.472. The molecule has 5 rings (SSSR count). The van der Waals surface area contributed by atoms with E-state index < -0.39 is 5.82 Å². The van der Waals surface area contributed by atoms with Crippen LogP contribution in [0, 0.1) is 5.82 Å². The van der Waals surface area contributed by atoms with Crippen molar-refractivity contribution in [2.24, 2.45) is 0 Å². The Bertz CT molecular complexity index is 1300. The van der Waals surface area contributed by atoms with Gasteiger partial charge in [0.25, 0.3) is 5.91 Å². The van der Waals surface area contributed by atoms with Crippen molar-refractivity contribution in [1.82, 2.24) is 14.5 Å². The Morgan fingerprint density at radius 2 is 1.94 bits per heavy atom. The molecule has 33 heavy (non-hydrogen) atoms. The van der Waals surface area contributed by atoms with Gasteiger partial charge in [-0.1, -0.05) is 12.1 Å². The Hall–Kier alpha value is -3.98. The van der Waals surface area contributed by atoms with E-state index in [9.17, 15) is 14.3 Å². The van der Waals surface area contributed by atoms with Crippen LogP contribution in [0.15, 0.2) is 60.9 Å². The average molecular weight is 447 g/mol. The number of ether oxygens (including phenoxy) is 1. The minimum Gasteiger partial charge on any atom is -0.497 e. The second-order valence-electron chi connectivity index (χ2n) is 7.95. The third kappa shape index (κ3) is 4.22. The zero-order chi connectivity index (χ0) is 22.9. The Labute approximate surface area is 189 Å². The fourth-order valence-electron chi connectivity index (χ4n) is 3.87. The van der Waals surface area contributed by atoms with E-state index in [2.05, 4.69) is 15.3 Å². The number of anilines is 2. The van der Waals surface area contributed by atoms with E-state index in [1.165, 1.54) is 6.07 Å². The van der Waals surface area contributed by atoms with E-state index in [1.54, 1.807) is 36.1 Å². The second kappa shape index (κ2) is 8.51. The molecule has 1 aromatic carbocycles. The fourth-order valence-corrected chi connectivity index (χ4v) is 3.87. The molecule has 2 N–H and O–H groups in total. The van der Waals surface area contributed by atoms with Crippen LogP contribution in [0.25, 0.3) is 11.0 Å². The molecule has 0 aliphatic carbocycles. The standard InChI is InChI=1S/C24H22FN5O3/c1-33-20-5-2-15(3-6-20)12-30-21(9-16-8-17(25)10-27-23(16)30)24(32)28-18-4-7-22(26-11-18)29-13-19(31)14-29/h2-11,19,31H,12-14H2,1H3,(H,28,32). The highest BCUT2D eigenvalue weighted by atomic mass is 19.1. The van der Waals surface area contributed by atoms with E-state index in [-0.39, 0.29) is 12.0 Å². The lowest BCUT2D eigenvalue weighted by molar-refractivity contribution is 0.101. The maximum atomic E-state index is 13.8. The minimum atomic E-state index is -0.466. The monoisotopic (exact) mass is 447 g/mol. The van der Waals surface area contributed by atoms with Gasteiger partial charge in [0.15, 0.2) is 0 Å². The van der Waals surface area contributed by atoms with Crippen molar-refractivity contribution in [1.29, 1.82) is 0 Å². The summed E-state index contributed by atoms with van der Waals surface area (Å²) < 4.78 is 20.8. The molecule has 8 nitrogen and oxygen atoms in total. The highest BCUT2D eigenvalue weighted by Crippen LogP contribution is 2.24. The number of benzene rings is 1. The van der Waals surface area contributed by atoms with Crippen molar-refractivity contribution in [3.63, 3.8) is 0 Å². The summed E-state index contributed by atoms with van der Waals surface area (Å²) in [6, 6.07) is 14.1. The molecule has 0 unspecified atom stereocenters. The van der Waals surface area contributed by atoms with Gasteiger partial charge in [0.1, 0.15) is 28.7 Å². The van der Waals surface area contributed by atoms with Crippen LogP contribution in [-0.4, -0.2) is 51.9 Å². The van der Waals surface area contributed by atoms with Crippen LogP contribution in [-0.2, 0) is 6.54 Å². The van der Waals surface area contributed by atoms with Crippen LogP contribution in [0.5, 0.6) is 5.75 Å². The number of halogens is 1. The van der Waals surface area contributed by atoms with Crippen LogP contribution >= 0.6 is 0 Å². The number of nitrogens with zero attached hydrogens (tertiary/aromatic N) is 4. The molecule has 4 heterocycles. The highest BCUT2D eigenvalue weighted by Gasteiger charge is 2.25. The number of pyridine rings is 2. The molecule has 0 spiro atoms. The average Bonchev–Trinajstić information content (AvgIpc) is 3.15. The summed E-state index contributed by atoms with van der Waals surface area (Å²) in [5.74, 6) is 0.660. The molecule has 0 atom stereocenters. The second-order valence-corrected chi connectivity index (χ2v) is 7.95. The SMILES string of the molecule is COc1ccc(Cn2c(C(=O)Nc3ccc(N4CC(O)C4)nc3)cc3cc(F)cnc32)cc1. The molecule has 1 aliphatic rings. The number of hydrogen-bond donors (Lipinski definition) is 2. The molecule has 0 bridgehead atoms. The first-order valence-electron chi connectivity index (χ1n) is 10.5. The molecule has 1 aliphatic heterocycles. The molecule has 0 saturated carbocycles. The van der Waals surface area contributed by atoms with Gasteiger partial charge in [-0.3, -0.25) is 4.79 Å². The normalized spacial score (nSPS) is 13.7. The van der Waals surface area contributed by atoms with E-state index in [1.807, 2.05) is 29.2 Å². The number of aromatic nitrogens is 3. The van der Waals surface area contributed by atoms with E-state index in [0.29, 0.717) is 42.0 Å². The summed E-state index contributed by atoms with van der Waals surface area (Å²) >= 11 is 0. The Morgan fingerprint density at radius 1 is 1.15 bits per heavy atom. The fraction of sp³-hybridized carbons (Fsp3) is 0.208. The zero-order valence-electron chi connectivity index (χ0n) is 17.9. The molecule has 0 radical (unpaired) electrons. The van der Waals surface area contributed by atoms with Gasteiger partial charge in [0.2, 0.25) is 0 Å². The number of methoxy groups -OCH3 is 1. The summed E-state index contributed by atoms with van der Waals surface area (Å²) in [5, 5.41) is 12.8. The molecule has 168 valence electrons. The number of hydrogen-bond acceptors (Lipinski definition) is 6. The van der Waals surface area contributed by atoms with Crippen LogP contribution in [0.4, 0.5) is 15.9 Å².